The quantitative estimate of drug-likeness (QED) is 0.712. The third-order valence-corrected chi connectivity index (χ3v) is 6.76. The number of carbonyl (C=O) groups is 1. The van der Waals surface area contributed by atoms with Gasteiger partial charge in [-0.25, -0.2) is 13.1 Å². The smallest absolute Gasteiger partial charge is 0.308 e. The second kappa shape index (κ2) is 6.29. The molecule has 1 saturated carbocycles. The van der Waals surface area contributed by atoms with Gasteiger partial charge in [-0.05, 0) is 19.8 Å². The zero-order valence-electron chi connectivity index (χ0n) is 11.6. The van der Waals surface area contributed by atoms with Crippen LogP contribution in [0.15, 0.2) is 9.00 Å². The van der Waals surface area contributed by atoms with E-state index in [9.17, 15) is 23.1 Å². The Kier molecular flexibility index (Phi) is 4.84. The van der Waals surface area contributed by atoms with Gasteiger partial charge >= 0.3 is 10.8 Å². The van der Waals surface area contributed by atoms with Gasteiger partial charge in [-0.2, -0.15) is 0 Å². The Labute approximate surface area is 126 Å². The topological polar surface area (TPSA) is 116 Å². The number of rotatable bonds is 4. The number of hydrogen-bond donors (Lipinski definition) is 3. The second-order valence-electron chi connectivity index (χ2n) is 5.24. The van der Waals surface area contributed by atoms with Crippen LogP contribution in [0.4, 0.5) is 0 Å². The van der Waals surface area contributed by atoms with Crippen molar-refractivity contribution in [2.24, 2.45) is 5.92 Å². The molecule has 0 radical (unpaired) electrons. The monoisotopic (exact) mass is 334 g/mol. The van der Waals surface area contributed by atoms with E-state index in [1.165, 1.54) is 6.92 Å². The molecule has 0 aliphatic heterocycles. The van der Waals surface area contributed by atoms with Crippen LogP contribution in [-0.4, -0.2) is 30.5 Å². The molecule has 0 bridgehead atoms. The third-order valence-electron chi connectivity index (χ3n) is 3.66. The van der Waals surface area contributed by atoms with E-state index in [0.29, 0.717) is 24.2 Å². The van der Waals surface area contributed by atoms with E-state index in [4.69, 9.17) is 0 Å². The molecule has 0 aromatic carbocycles. The highest BCUT2D eigenvalue weighted by atomic mass is 32.2. The number of nitrogens with one attached hydrogen (secondary N) is 2. The van der Waals surface area contributed by atoms with Gasteiger partial charge in [0.15, 0.2) is 4.21 Å². The molecular formula is C12H18N2O5S2. The van der Waals surface area contributed by atoms with E-state index in [2.05, 4.69) is 9.71 Å². The molecule has 1 heterocycles. The van der Waals surface area contributed by atoms with Gasteiger partial charge in [0.2, 0.25) is 0 Å². The maximum absolute atomic E-state index is 12.4. The Morgan fingerprint density at radius 1 is 1.33 bits per heavy atom. The Hall–Kier alpha value is -1.19. The van der Waals surface area contributed by atoms with Gasteiger partial charge in [0.1, 0.15) is 0 Å². The predicted octanol–water partition coefficient (Wildman–Crippen LogP) is 1.06. The van der Waals surface area contributed by atoms with E-state index >= 15 is 0 Å². The van der Waals surface area contributed by atoms with E-state index in [1.807, 2.05) is 0 Å². The molecule has 9 heteroatoms. The van der Waals surface area contributed by atoms with Crippen molar-refractivity contribution in [2.45, 2.75) is 49.3 Å². The van der Waals surface area contributed by atoms with Crippen LogP contribution in [0, 0.1) is 12.8 Å². The highest BCUT2D eigenvalue weighted by Gasteiger charge is 2.34. The summed E-state index contributed by atoms with van der Waals surface area (Å²) in [6.45, 7) is 1.51. The lowest BCUT2D eigenvalue weighted by molar-refractivity contribution is -0.142. The number of aromatic nitrogens is 1. The number of aliphatic carboxylic acids is 1. The molecule has 0 amide bonds. The first kappa shape index (κ1) is 16.2. The minimum absolute atomic E-state index is 0.0686. The predicted molar refractivity (Wildman–Crippen MR) is 78.0 cm³/mol. The molecule has 0 saturated heterocycles. The third kappa shape index (κ3) is 3.72. The number of thiazole rings is 1. The molecule has 2 rings (SSSR count). The molecule has 118 valence electrons. The summed E-state index contributed by atoms with van der Waals surface area (Å²) < 4.78 is 27.1. The van der Waals surface area contributed by atoms with Crippen molar-refractivity contribution in [3.05, 3.63) is 15.4 Å². The van der Waals surface area contributed by atoms with Gasteiger partial charge in [-0.15, -0.1) is 0 Å². The van der Waals surface area contributed by atoms with Gasteiger partial charge in [0, 0.05) is 11.7 Å². The Morgan fingerprint density at radius 2 is 2.00 bits per heavy atom. The van der Waals surface area contributed by atoms with Crippen molar-refractivity contribution in [1.29, 1.82) is 0 Å². The average Bonchev–Trinajstić information content (AvgIpc) is 2.60. The molecule has 1 fully saturated rings. The molecule has 1 aliphatic carbocycles. The Morgan fingerprint density at radius 3 is 2.57 bits per heavy atom. The first-order valence-corrected chi connectivity index (χ1v) is 9.06. The van der Waals surface area contributed by atoms with Crippen molar-refractivity contribution in [3.63, 3.8) is 0 Å². The van der Waals surface area contributed by atoms with Gasteiger partial charge in [0.25, 0.3) is 10.0 Å². The van der Waals surface area contributed by atoms with Crippen LogP contribution in [0.3, 0.4) is 0 Å². The zero-order chi connectivity index (χ0) is 15.6. The van der Waals surface area contributed by atoms with Gasteiger partial charge in [0.05, 0.1) is 5.92 Å². The first-order chi connectivity index (χ1) is 9.81. The molecule has 1 aliphatic rings. The SMILES string of the molecule is Cc1[nH]c(=O)sc1S(=O)(=O)NC1CCCCCC1C(=O)O. The Balaban J connectivity index is 2.27. The summed E-state index contributed by atoms with van der Waals surface area (Å²) in [6, 6.07) is -0.633. The Bertz CT molecular complexity index is 676. The summed E-state index contributed by atoms with van der Waals surface area (Å²) in [7, 11) is -3.88. The summed E-state index contributed by atoms with van der Waals surface area (Å²) in [5, 5.41) is 9.27. The molecule has 0 spiro atoms. The molecule has 2 atom stereocenters. The summed E-state index contributed by atoms with van der Waals surface area (Å²) in [6.07, 6.45) is 3.43. The fraction of sp³-hybridized carbons (Fsp3) is 0.667. The molecule has 7 nitrogen and oxygen atoms in total. The maximum Gasteiger partial charge on any atom is 0.308 e. The number of carboxylic acid groups (broad SMARTS) is 1. The largest absolute Gasteiger partial charge is 0.481 e. The summed E-state index contributed by atoms with van der Waals surface area (Å²) >= 11 is 0.616. The fourth-order valence-corrected chi connectivity index (χ4v) is 5.27. The van der Waals surface area contributed by atoms with Crippen LogP contribution >= 0.6 is 11.3 Å². The highest BCUT2D eigenvalue weighted by molar-refractivity contribution is 7.91. The van der Waals surface area contributed by atoms with Crippen LogP contribution in [0.25, 0.3) is 0 Å². The molecule has 3 N–H and O–H groups in total. The van der Waals surface area contributed by atoms with Gasteiger partial charge in [-0.3, -0.25) is 9.59 Å². The summed E-state index contributed by atoms with van der Waals surface area (Å²) in [4.78, 5) is 24.6. The van der Waals surface area contributed by atoms with Crippen LogP contribution in [0.2, 0.25) is 0 Å². The van der Waals surface area contributed by atoms with Crippen LogP contribution in [0.5, 0.6) is 0 Å². The zero-order valence-corrected chi connectivity index (χ0v) is 13.2. The number of sulfonamides is 1. The molecular weight excluding hydrogens is 316 g/mol. The second-order valence-corrected chi connectivity index (χ2v) is 8.13. The van der Waals surface area contributed by atoms with Crippen LogP contribution in [0.1, 0.15) is 37.8 Å². The van der Waals surface area contributed by atoms with Crippen molar-refractivity contribution in [3.8, 4) is 0 Å². The molecule has 1 aromatic rings. The molecule has 2 unspecified atom stereocenters. The lowest BCUT2D eigenvalue weighted by Crippen LogP contribution is -2.42. The normalized spacial score (nSPS) is 23.7. The summed E-state index contributed by atoms with van der Waals surface area (Å²) in [5.41, 5.74) is 0.276. The van der Waals surface area contributed by atoms with Crippen molar-refractivity contribution >= 4 is 27.3 Å². The number of carboxylic acids is 1. The van der Waals surface area contributed by atoms with E-state index in [1.54, 1.807) is 0 Å². The van der Waals surface area contributed by atoms with E-state index in [-0.39, 0.29) is 9.90 Å². The number of hydrogen-bond acceptors (Lipinski definition) is 5. The van der Waals surface area contributed by atoms with Crippen LogP contribution < -0.4 is 9.60 Å². The number of H-pyrrole nitrogens is 1. The minimum atomic E-state index is -3.88. The number of aromatic amines is 1. The van der Waals surface area contributed by atoms with E-state index in [0.717, 1.165) is 19.3 Å². The van der Waals surface area contributed by atoms with Gasteiger partial charge < -0.3 is 10.1 Å². The van der Waals surface area contributed by atoms with E-state index < -0.39 is 32.8 Å². The standard InChI is InChI=1S/C12H18N2O5S2/c1-7-11(20-12(17)13-7)21(18,19)14-9-6-4-2-3-5-8(9)10(15)16/h8-9,14H,2-6H2,1H3,(H,13,17)(H,15,16). The summed E-state index contributed by atoms with van der Waals surface area (Å²) in [5.74, 6) is -1.71. The molecule has 21 heavy (non-hydrogen) atoms. The highest BCUT2D eigenvalue weighted by Crippen LogP contribution is 2.26. The van der Waals surface area contributed by atoms with Crippen molar-refractivity contribution < 1.29 is 18.3 Å². The van der Waals surface area contributed by atoms with Crippen molar-refractivity contribution in [1.82, 2.24) is 9.71 Å². The average molecular weight is 334 g/mol. The maximum atomic E-state index is 12.4. The van der Waals surface area contributed by atoms with Crippen LogP contribution in [-0.2, 0) is 14.8 Å². The lowest BCUT2D eigenvalue weighted by Gasteiger charge is -2.22. The number of aryl methyl sites for hydroxylation is 1. The lowest BCUT2D eigenvalue weighted by atomic mass is 9.96. The van der Waals surface area contributed by atoms with Crippen molar-refractivity contribution in [2.75, 3.05) is 0 Å². The molecule has 1 aromatic heterocycles. The minimum Gasteiger partial charge on any atom is -0.481 e. The fourth-order valence-electron chi connectivity index (χ4n) is 2.64. The first-order valence-electron chi connectivity index (χ1n) is 6.76. The van der Waals surface area contributed by atoms with Gasteiger partial charge in [-0.1, -0.05) is 30.6 Å².